The Bertz CT molecular complexity index is 521. The second-order valence-corrected chi connectivity index (χ2v) is 4.75. The van der Waals surface area contributed by atoms with E-state index >= 15 is 0 Å². The normalized spacial score (nSPS) is 10.8. The molecule has 0 amide bonds. The monoisotopic (exact) mass is 262 g/mol. The van der Waals surface area contributed by atoms with Crippen LogP contribution in [0.4, 0.5) is 0 Å². The van der Waals surface area contributed by atoms with Crippen molar-refractivity contribution in [2.75, 3.05) is 14.2 Å². The van der Waals surface area contributed by atoms with E-state index < -0.39 is 0 Å². The zero-order chi connectivity index (χ0) is 13.0. The van der Waals surface area contributed by atoms with Crippen LogP contribution in [0, 0.1) is 0 Å². The fraction of sp³-hybridized carbons (Fsp3) is 0.143. The lowest BCUT2D eigenvalue weighted by Crippen LogP contribution is -2.04. The van der Waals surface area contributed by atoms with Gasteiger partial charge in [-0.15, -0.1) is 0 Å². The molecule has 3 nitrogen and oxygen atoms in total. The summed E-state index contributed by atoms with van der Waals surface area (Å²) in [6, 6.07) is 13.9. The molecule has 0 aliphatic carbocycles. The maximum absolute atomic E-state index is 5.87. The van der Waals surface area contributed by atoms with Crippen molar-refractivity contribution >= 4 is 14.0 Å². The summed E-state index contributed by atoms with van der Waals surface area (Å²) in [5.41, 5.74) is 7.93. The largest absolute Gasteiger partial charge is 0.496 e. The Labute approximate surface area is 109 Å². The Hall–Kier alpha value is -1.57. The van der Waals surface area contributed by atoms with Crippen molar-refractivity contribution in [2.45, 2.75) is 0 Å². The van der Waals surface area contributed by atoms with Crippen molar-refractivity contribution in [3.8, 4) is 22.6 Å². The minimum atomic E-state index is -0.251. The second-order valence-electron chi connectivity index (χ2n) is 3.79. The predicted octanol–water partition coefficient (Wildman–Crippen LogP) is 2.28. The van der Waals surface area contributed by atoms with Crippen LogP contribution in [0.1, 0.15) is 0 Å². The van der Waals surface area contributed by atoms with Crippen LogP contribution in [-0.4, -0.2) is 14.2 Å². The van der Waals surface area contributed by atoms with Crippen LogP contribution < -0.4 is 20.3 Å². The molecule has 2 N–H and O–H groups in total. The summed E-state index contributed by atoms with van der Waals surface area (Å²) in [6.45, 7) is 0. The highest BCUT2D eigenvalue weighted by molar-refractivity contribution is 7.45. The molecule has 1 atom stereocenters. The Balaban J connectivity index is 2.68. The summed E-state index contributed by atoms with van der Waals surface area (Å²) < 4.78 is 10.9. The van der Waals surface area contributed by atoms with Gasteiger partial charge in [0.15, 0.2) is 0 Å². The average Bonchev–Trinajstić information content (AvgIpc) is 2.46. The van der Waals surface area contributed by atoms with E-state index in [0.717, 1.165) is 27.9 Å². The molecule has 0 fully saturated rings. The number of hydrogen-bond acceptors (Lipinski definition) is 3. The molecule has 0 saturated heterocycles. The van der Waals surface area contributed by atoms with Gasteiger partial charge in [0.1, 0.15) is 16.8 Å². The molecule has 4 heteroatoms. The third kappa shape index (κ3) is 2.33. The smallest absolute Gasteiger partial charge is 0.130 e. The van der Waals surface area contributed by atoms with E-state index in [1.165, 1.54) is 0 Å². The number of ether oxygens (including phenoxy) is 2. The van der Waals surface area contributed by atoms with E-state index in [1.54, 1.807) is 14.2 Å². The molecule has 18 heavy (non-hydrogen) atoms. The van der Waals surface area contributed by atoms with E-state index in [4.69, 9.17) is 15.0 Å². The topological polar surface area (TPSA) is 44.5 Å². The number of hydrogen-bond donors (Lipinski definition) is 1. The van der Waals surface area contributed by atoms with E-state index in [9.17, 15) is 0 Å². The summed E-state index contributed by atoms with van der Waals surface area (Å²) in [5.74, 6) is 1.60. The van der Waals surface area contributed by atoms with Crippen molar-refractivity contribution < 1.29 is 9.47 Å². The summed E-state index contributed by atoms with van der Waals surface area (Å²) in [7, 11) is 3.08. The van der Waals surface area contributed by atoms with Gasteiger partial charge in [0.25, 0.3) is 0 Å². The molecule has 0 heterocycles. The lowest BCUT2D eigenvalue weighted by atomic mass is 10.0. The van der Waals surface area contributed by atoms with E-state index in [2.05, 4.69) is 12.1 Å². The highest BCUT2D eigenvalue weighted by Gasteiger charge is 2.16. The minimum Gasteiger partial charge on any atom is -0.496 e. The maximum atomic E-state index is 5.87. The summed E-state index contributed by atoms with van der Waals surface area (Å²) >= 11 is 0. The number of nitrogens with two attached hydrogens (primary N) is 1. The molecular weight excluding hydrogens is 245 g/mol. The van der Waals surface area contributed by atoms with Crippen LogP contribution in [0.15, 0.2) is 42.5 Å². The van der Waals surface area contributed by atoms with E-state index in [-0.39, 0.29) is 8.73 Å². The first-order valence-corrected chi connectivity index (χ1v) is 6.91. The van der Waals surface area contributed by atoms with Gasteiger partial charge in [-0.2, -0.15) is 0 Å². The Morgan fingerprint density at radius 1 is 0.889 bits per heavy atom. The number of rotatable bonds is 4. The van der Waals surface area contributed by atoms with Crippen LogP contribution >= 0.6 is 8.73 Å². The van der Waals surface area contributed by atoms with Gasteiger partial charge in [-0.3, -0.25) is 0 Å². The fourth-order valence-corrected chi connectivity index (χ4v) is 2.63. The molecule has 0 bridgehead atoms. The third-order valence-corrected chi connectivity index (χ3v) is 3.70. The Kier molecular flexibility index (Phi) is 4.19. The minimum absolute atomic E-state index is 0.251. The van der Waals surface area contributed by atoms with Gasteiger partial charge in [0.05, 0.1) is 28.5 Å². The quantitative estimate of drug-likeness (QED) is 0.860. The second kappa shape index (κ2) is 5.85. The standard InChI is InChI=1S/C14H16NO2P/c1-16-11-7-5-8-12(17-2)14(11)10-6-3-4-9-13(10)18-15/h3-9,18H,15H2,1-2H3/p+1. The van der Waals surface area contributed by atoms with Crippen molar-refractivity contribution in [2.24, 2.45) is 5.50 Å². The van der Waals surface area contributed by atoms with Crippen molar-refractivity contribution in [1.29, 1.82) is 0 Å². The molecule has 0 aromatic heterocycles. The SMILES string of the molecule is COc1cccc(OC)c1-c1ccccc1[PH2+]N. The fourth-order valence-electron chi connectivity index (χ4n) is 1.99. The lowest BCUT2D eigenvalue weighted by molar-refractivity contribution is 0.397. The maximum Gasteiger partial charge on any atom is 0.130 e. The van der Waals surface area contributed by atoms with Gasteiger partial charge >= 0.3 is 0 Å². The van der Waals surface area contributed by atoms with E-state index in [0.29, 0.717) is 0 Å². The summed E-state index contributed by atoms with van der Waals surface area (Å²) in [4.78, 5) is 0. The molecule has 2 aromatic rings. The van der Waals surface area contributed by atoms with Gasteiger partial charge in [-0.25, -0.2) is 5.50 Å². The number of methoxy groups -OCH3 is 2. The van der Waals surface area contributed by atoms with Crippen LogP contribution in [0.25, 0.3) is 11.1 Å². The van der Waals surface area contributed by atoms with Crippen LogP contribution in [-0.2, 0) is 0 Å². The molecule has 1 unspecified atom stereocenters. The van der Waals surface area contributed by atoms with Gasteiger partial charge in [-0.1, -0.05) is 24.3 Å². The molecule has 0 spiro atoms. The van der Waals surface area contributed by atoms with Gasteiger partial charge in [0, 0.05) is 5.56 Å². The summed E-state index contributed by atoms with van der Waals surface area (Å²) in [6.07, 6.45) is 0. The highest BCUT2D eigenvalue weighted by Crippen LogP contribution is 2.38. The first-order chi connectivity index (χ1) is 8.81. The molecule has 2 aromatic carbocycles. The van der Waals surface area contributed by atoms with Crippen molar-refractivity contribution in [3.05, 3.63) is 42.5 Å². The first-order valence-electron chi connectivity index (χ1n) is 5.67. The molecule has 0 radical (unpaired) electrons. The molecular formula is C14H17NO2P+. The van der Waals surface area contributed by atoms with Crippen molar-refractivity contribution in [3.63, 3.8) is 0 Å². The van der Waals surface area contributed by atoms with Crippen molar-refractivity contribution in [1.82, 2.24) is 0 Å². The van der Waals surface area contributed by atoms with E-state index in [1.807, 2.05) is 30.3 Å². The van der Waals surface area contributed by atoms with Crippen LogP contribution in [0.2, 0.25) is 0 Å². The molecule has 0 aliphatic heterocycles. The van der Waals surface area contributed by atoms with Gasteiger partial charge < -0.3 is 9.47 Å². The highest BCUT2D eigenvalue weighted by atomic mass is 31.1. The molecule has 0 aliphatic rings. The average molecular weight is 262 g/mol. The number of benzene rings is 2. The lowest BCUT2D eigenvalue weighted by Gasteiger charge is -2.13. The zero-order valence-electron chi connectivity index (χ0n) is 10.5. The third-order valence-electron chi connectivity index (χ3n) is 2.84. The van der Waals surface area contributed by atoms with Crippen LogP contribution in [0.3, 0.4) is 0 Å². The van der Waals surface area contributed by atoms with Gasteiger partial charge in [0.2, 0.25) is 0 Å². The zero-order valence-corrected chi connectivity index (χ0v) is 11.7. The molecule has 0 saturated carbocycles. The van der Waals surface area contributed by atoms with Crippen LogP contribution in [0.5, 0.6) is 11.5 Å². The Morgan fingerprint density at radius 3 is 2.06 bits per heavy atom. The summed E-state index contributed by atoms with van der Waals surface area (Å²) in [5, 5.41) is 1.15. The molecule has 2 rings (SSSR count). The van der Waals surface area contributed by atoms with Gasteiger partial charge in [-0.05, 0) is 18.2 Å². The Morgan fingerprint density at radius 2 is 1.50 bits per heavy atom. The molecule has 94 valence electrons. The first kappa shape index (κ1) is 12.9. The predicted molar refractivity (Wildman–Crippen MR) is 78.5 cm³/mol.